The molecular weight excluding hydrogens is 295 g/mol. The Kier molecular flexibility index (Phi) is 4.48. The molecule has 0 bridgehead atoms. The molecule has 2 N–H and O–H groups in total. The second kappa shape index (κ2) is 5.96. The molecule has 20 heavy (non-hydrogen) atoms. The summed E-state index contributed by atoms with van der Waals surface area (Å²) >= 11 is 0.824. The number of nitrogens with one attached hydrogen (secondary N) is 1. The number of hydrogen-bond donors (Lipinski definition) is 2. The number of aliphatic hydroxyl groups is 1. The number of β-amino-alcohol motifs (C(OH)–C–C–N with tert-alkyl or cyclic N) is 1. The number of carbonyl (C=O) groups is 1. The molecule has 0 unspecified atom stereocenters. The summed E-state index contributed by atoms with van der Waals surface area (Å²) in [5.41, 5.74) is -0.958. The summed E-state index contributed by atoms with van der Waals surface area (Å²) in [6.07, 6.45) is -3.20. The van der Waals surface area contributed by atoms with Crippen LogP contribution >= 0.6 is 11.3 Å². The van der Waals surface area contributed by atoms with Crippen molar-refractivity contribution in [3.63, 3.8) is 0 Å². The van der Waals surface area contributed by atoms with E-state index in [9.17, 15) is 18.0 Å². The number of halogens is 3. The summed E-state index contributed by atoms with van der Waals surface area (Å²) in [5.74, 6) is -0.214. The Morgan fingerprint density at radius 3 is 2.90 bits per heavy atom. The summed E-state index contributed by atoms with van der Waals surface area (Å²) in [4.78, 5) is 17.0. The van der Waals surface area contributed by atoms with Crippen LogP contribution in [-0.2, 0) is 11.0 Å². The van der Waals surface area contributed by atoms with Crippen LogP contribution in [0.4, 0.5) is 18.3 Å². The third-order valence-electron chi connectivity index (χ3n) is 2.99. The van der Waals surface area contributed by atoms with Gasteiger partial charge in [0.05, 0.1) is 6.61 Å². The number of anilines is 1. The highest BCUT2D eigenvalue weighted by Crippen LogP contribution is 2.32. The van der Waals surface area contributed by atoms with Gasteiger partial charge >= 0.3 is 6.18 Å². The van der Waals surface area contributed by atoms with Crippen LogP contribution in [0.25, 0.3) is 0 Å². The molecule has 5 nitrogen and oxygen atoms in total. The number of alkyl halides is 3. The molecule has 0 spiro atoms. The predicted octanol–water partition coefficient (Wildman–Crippen LogP) is 1.56. The van der Waals surface area contributed by atoms with Crippen molar-refractivity contribution in [2.45, 2.75) is 25.1 Å². The molecule has 2 heterocycles. The number of rotatable bonds is 4. The van der Waals surface area contributed by atoms with Gasteiger partial charge < -0.3 is 15.3 Å². The fourth-order valence-corrected chi connectivity index (χ4v) is 2.81. The minimum absolute atomic E-state index is 0.0847. The van der Waals surface area contributed by atoms with Gasteiger partial charge in [-0.3, -0.25) is 4.79 Å². The van der Waals surface area contributed by atoms with Crippen LogP contribution in [0.3, 0.4) is 0 Å². The quantitative estimate of drug-likeness (QED) is 0.886. The Labute approximate surface area is 117 Å². The minimum atomic E-state index is -4.48. The second-order valence-electron chi connectivity index (χ2n) is 4.42. The number of likely N-dealkylation sites (tertiary alicyclic amines) is 1. The van der Waals surface area contributed by atoms with E-state index < -0.39 is 17.9 Å². The van der Waals surface area contributed by atoms with Gasteiger partial charge in [0.25, 0.3) is 0 Å². The van der Waals surface area contributed by atoms with Crippen LogP contribution in [0.1, 0.15) is 18.5 Å². The fraction of sp³-hybridized carbons (Fsp3) is 0.636. The van der Waals surface area contributed by atoms with Crippen molar-refractivity contribution in [2.75, 3.05) is 25.0 Å². The largest absolute Gasteiger partial charge is 0.434 e. The zero-order valence-corrected chi connectivity index (χ0v) is 11.3. The van der Waals surface area contributed by atoms with E-state index in [1.807, 2.05) is 0 Å². The molecule has 1 saturated heterocycles. The van der Waals surface area contributed by atoms with Gasteiger partial charge in [-0.15, -0.1) is 11.3 Å². The van der Waals surface area contributed by atoms with Crippen LogP contribution < -0.4 is 5.32 Å². The molecule has 1 atom stereocenters. The second-order valence-corrected chi connectivity index (χ2v) is 5.28. The Morgan fingerprint density at radius 2 is 2.30 bits per heavy atom. The van der Waals surface area contributed by atoms with Crippen molar-refractivity contribution in [3.05, 3.63) is 11.1 Å². The topological polar surface area (TPSA) is 65.5 Å². The van der Waals surface area contributed by atoms with E-state index in [0.29, 0.717) is 13.0 Å². The Hall–Kier alpha value is -1.35. The zero-order chi connectivity index (χ0) is 14.8. The summed E-state index contributed by atoms with van der Waals surface area (Å²) in [6.45, 7) is 0.667. The average molecular weight is 309 g/mol. The number of aromatic nitrogens is 1. The standard InChI is InChI=1S/C11H14F3N3O2S/c12-11(13,14)8-6-20-10(16-8)15-7-2-1-3-17(4-5-18)9(7)19/h6-7,18H,1-5H2,(H,15,16)/t7-/m1/s1. The lowest BCUT2D eigenvalue weighted by Gasteiger charge is -2.32. The van der Waals surface area contributed by atoms with Gasteiger partial charge in [-0.1, -0.05) is 0 Å². The van der Waals surface area contributed by atoms with E-state index in [2.05, 4.69) is 10.3 Å². The molecule has 1 aromatic heterocycles. The maximum Gasteiger partial charge on any atom is 0.434 e. The van der Waals surface area contributed by atoms with Gasteiger partial charge in [-0.25, -0.2) is 4.98 Å². The van der Waals surface area contributed by atoms with E-state index in [0.717, 1.165) is 23.1 Å². The van der Waals surface area contributed by atoms with E-state index in [-0.39, 0.29) is 24.2 Å². The first-order chi connectivity index (χ1) is 9.41. The smallest absolute Gasteiger partial charge is 0.395 e. The van der Waals surface area contributed by atoms with Gasteiger partial charge in [-0.2, -0.15) is 13.2 Å². The molecule has 0 aromatic carbocycles. The van der Waals surface area contributed by atoms with Crippen molar-refractivity contribution in [2.24, 2.45) is 0 Å². The van der Waals surface area contributed by atoms with Crippen LogP contribution in [0.2, 0.25) is 0 Å². The van der Waals surface area contributed by atoms with Crippen LogP contribution in [0.5, 0.6) is 0 Å². The number of carbonyl (C=O) groups excluding carboxylic acids is 1. The SMILES string of the molecule is O=C1[C@H](Nc2nc(C(F)(F)F)cs2)CCCN1CCO. The van der Waals surface area contributed by atoms with Crippen molar-refractivity contribution >= 4 is 22.4 Å². The fourth-order valence-electron chi connectivity index (χ4n) is 2.04. The number of amides is 1. The maximum absolute atomic E-state index is 12.4. The van der Waals surface area contributed by atoms with Crippen molar-refractivity contribution < 1.29 is 23.1 Å². The minimum Gasteiger partial charge on any atom is -0.395 e. The summed E-state index contributed by atoms with van der Waals surface area (Å²) < 4.78 is 37.3. The number of nitrogens with zero attached hydrogens (tertiary/aromatic N) is 2. The van der Waals surface area contributed by atoms with Gasteiger partial charge in [0.2, 0.25) is 5.91 Å². The van der Waals surface area contributed by atoms with Gasteiger partial charge in [0.1, 0.15) is 6.04 Å². The zero-order valence-electron chi connectivity index (χ0n) is 10.5. The first-order valence-corrected chi connectivity index (χ1v) is 6.98. The van der Waals surface area contributed by atoms with Gasteiger partial charge in [0.15, 0.2) is 10.8 Å². The van der Waals surface area contributed by atoms with Gasteiger partial charge in [0, 0.05) is 18.5 Å². The number of aliphatic hydroxyl groups excluding tert-OH is 1. The maximum atomic E-state index is 12.4. The van der Waals surface area contributed by atoms with E-state index in [4.69, 9.17) is 5.11 Å². The monoisotopic (exact) mass is 309 g/mol. The Bertz CT molecular complexity index is 476. The average Bonchev–Trinajstić information content (AvgIpc) is 2.83. The lowest BCUT2D eigenvalue weighted by molar-refractivity contribution is -0.140. The molecule has 1 aliphatic heterocycles. The summed E-state index contributed by atoms with van der Waals surface area (Å²) in [7, 11) is 0. The number of thiazole rings is 1. The Morgan fingerprint density at radius 1 is 1.55 bits per heavy atom. The molecule has 0 saturated carbocycles. The summed E-state index contributed by atoms with van der Waals surface area (Å²) in [5, 5.41) is 12.6. The molecule has 0 radical (unpaired) electrons. The normalized spacial score (nSPS) is 20.3. The Balaban J connectivity index is 2.02. The number of piperidine rings is 1. The lowest BCUT2D eigenvalue weighted by Crippen LogP contribution is -2.48. The van der Waals surface area contributed by atoms with E-state index >= 15 is 0 Å². The molecule has 112 valence electrons. The highest BCUT2D eigenvalue weighted by molar-refractivity contribution is 7.13. The third kappa shape index (κ3) is 3.40. The third-order valence-corrected chi connectivity index (χ3v) is 3.77. The predicted molar refractivity (Wildman–Crippen MR) is 67.4 cm³/mol. The molecule has 1 fully saturated rings. The first-order valence-electron chi connectivity index (χ1n) is 6.10. The first kappa shape index (κ1) is 15.0. The van der Waals surface area contributed by atoms with E-state index in [1.165, 1.54) is 4.90 Å². The molecule has 1 amide bonds. The van der Waals surface area contributed by atoms with Crippen LogP contribution in [0, 0.1) is 0 Å². The molecular formula is C11H14F3N3O2S. The highest BCUT2D eigenvalue weighted by atomic mass is 32.1. The molecule has 1 aromatic rings. The van der Waals surface area contributed by atoms with Crippen molar-refractivity contribution in [1.29, 1.82) is 0 Å². The molecule has 0 aliphatic carbocycles. The highest BCUT2D eigenvalue weighted by Gasteiger charge is 2.35. The molecule has 2 rings (SSSR count). The number of hydrogen-bond acceptors (Lipinski definition) is 5. The van der Waals surface area contributed by atoms with Crippen molar-refractivity contribution in [1.82, 2.24) is 9.88 Å². The van der Waals surface area contributed by atoms with Crippen LogP contribution in [0.15, 0.2) is 5.38 Å². The van der Waals surface area contributed by atoms with Crippen LogP contribution in [-0.4, -0.2) is 46.6 Å². The lowest BCUT2D eigenvalue weighted by atomic mass is 10.1. The summed E-state index contributed by atoms with van der Waals surface area (Å²) in [6, 6.07) is -0.581. The van der Waals surface area contributed by atoms with Gasteiger partial charge in [-0.05, 0) is 12.8 Å². The molecule has 9 heteroatoms. The van der Waals surface area contributed by atoms with Crippen molar-refractivity contribution in [3.8, 4) is 0 Å². The van der Waals surface area contributed by atoms with E-state index in [1.54, 1.807) is 0 Å². The molecule has 1 aliphatic rings.